The second-order valence-corrected chi connectivity index (χ2v) is 4.15. The molecule has 1 heterocycles. The van der Waals surface area contributed by atoms with E-state index in [2.05, 4.69) is 10.1 Å². The van der Waals surface area contributed by atoms with Crippen LogP contribution >= 0.6 is 0 Å². The Morgan fingerprint density at radius 2 is 2.05 bits per heavy atom. The molecule has 0 aliphatic heterocycles. The van der Waals surface area contributed by atoms with Crippen molar-refractivity contribution in [2.75, 3.05) is 19.1 Å². The van der Waals surface area contributed by atoms with Gasteiger partial charge in [-0.15, -0.1) is 0 Å². The molecule has 0 aliphatic carbocycles. The first-order valence-electron chi connectivity index (χ1n) is 5.97. The van der Waals surface area contributed by atoms with Gasteiger partial charge in [-0.05, 0) is 24.3 Å². The molecule has 2 rings (SSSR count). The van der Waals surface area contributed by atoms with E-state index in [1.165, 1.54) is 0 Å². The number of nitrogens with zero attached hydrogens (tertiary/aromatic N) is 3. The lowest BCUT2D eigenvalue weighted by molar-refractivity contribution is 0.318. The molecule has 0 aliphatic rings. The van der Waals surface area contributed by atoms with Crippen LogP contribution in [0.15, 0.2) is 47.8 Å². The summed E-state index contributed by atoms with van der Waals surface area (Å²) in [4.78, 5) is 6.01. The number of rotatable bonds is 4. The summed E-state index contributed by atoms with van der Waals surface area (Å²) in [6, 6.07) is 11.3. The van der Waals surface area contributed by atoms with Crippen LogP contribution in [0.1, 0.15) is 5.69 Å². The van der Waals surface area contributed by atoms with Gasteiger partial charge in [-0.3, -0.25) is 4.98 Å². The topological polar surface area (TPSA) is 84.0 Å². The third kappa shape index (κ3) is 2.80. The normalized spacial score (nSPS) is 11.2. The van der Waals surface area contributed by atoms with Gasteiger partial charge in [0, 0.05) is 30.7 Å². The molecular formula is C14H16N4O2. The van der Waals surface area contributed by atoms with E-state index >= 15 is 0 Å². The number of hydrogen-bond donors (Lipinski definition) is 2. The van der Waals surface area contributed by atoms with E-state index in [1.807, 2.05) is 42.3 Å². The zero-order valence-electron chi connectivity index (χ0n) is 11.3. The van der Waals surface area contributed by atoms with Crippen LogP contribution in [-0.2, 0) is 0 Å². The third-order valence-electron chi connectivity index (χ3n) is 2.94. The molecule has 0 saturated carbocycles. The maximum Gasteiger partial charge on any atom is 0.188 e. The summed E-state index contributed by atoms with van der Waals surface area (Å²) >= 11 is 0. The SMILES string of the molecule is COc1cccc(N(C)c2ccnc(C(N)=NO)c2)c1. The molecule has 20 heavy (non-hydrogen) atoms. The summed E-state index contributed by atoms with van der Waals surface area (Å²) in [5.41, 5.74) is 7.79. The second kappa shape index (κ2) is 5.92. The molecule has 0 bridgehead atoms. The molecule has 0 fully saturated rings. The first-order valence-corrected chi connectivity index (χ1v) is 5.97. The van der Waals surface area contributed by atoms with Crippen LogP contribution in [0, 0.1) is 0 Å². The standard InChI is InChI=1S/C14H16N4O2/c1-18(10-4-3-5-12(8-10)20-2)11-6-7-16-13(9-11)14(15)17-19/h3-9,19H,1-2H3,(H2,15,17). The van der Waals surface area contributed by atoms with Crippen LogP contribution in [0.2, 0.25) is 0 Å². The molecule has 0 amide bonds. The maximum atomic E-state index is 8.70. The zero-order valence-corrected chi connectivity index (χ0v) is 11.3. The van der Waals surface area contributed by atoms with Crippen molar-refractivity contribution in [2.45, 2.75) is 0 Å². The zero-order chi connectivity index (χ0) is 14.5. The van der Waals surface area contributed by atoms with Crippen molar-refractivity contribution in [1.82, 2.24) is 4.98 Å². The Morgan fingerprint density at radius 1 is 1.30 bits per heavy atom. The highest BCUT2D eigenvalue weighted by molar-refractivity contribution is 5.96. The summed E-state index contributed by atoms with van der Waals surface area (Å²) < 4.78 is 5.21. The molecule has 0 saturated heterocycles. The summed E-state index contributed by atoms with van der Waals surface area (Å²) in [5.74, 6) is 0.756. The quantitative estimate of drug-likeness (QED) is 0.384. The maximum absolute atomic E-state index is 8.70. The molecule has 104 valence electrons. The van der Waals surface area contributed by atoms with Crippen molar-refractivity contribution < 1.29 is 9.94 Å². The van der Waals surface area contributed by atoms with E-state index < -0.39 is 0 Å². The Labute approximate surface area is 117 Å². The van der Waals surface area contributed by atoms with Crippen LogP contribution in [0.25, 0.3) is 0 Å². The Hall–Kier alpha value is -2.76. The van der Waals surface area contributed by atoms with Gasteiger partial charge in [-0.2, -0.15) is 0 Å². The van der Waals surface area contributed by atoms with E-state index in [0.29, 0.717) is 5.69 Å². The lowest BCUT2D eigenvalue weighted by Gasteiger charge is -2.20. The Balaban J connectivity index is 2.35. The number of methoxy groups -OCH3 is 1. The van der Waals surface area contributed by atoms with Crippen LogP contribution < -0.4 is 15.4 Å². The molecular weight excluding hydrogens is 256 g/mol. The van der Waals surface area contributed by atoms with Crippen LogP contribution in [0.5, 0.6) is 5.75 Å². The van der Waals surface area contributed by atoms with Gasteiger partial charge in [0.1, 0.15) is 11.4 Å². The molecule has 2 aromatic rings. The number of oxime groups is 1. The highest BCUT2D eigenvalue weighted by Gasteiger charge is 2.08. The van der Waals surface area contributed by atoms with Crippen molar-refractivity contribution in [1.29, 1.82) is 0 Å². The van der Waals surface area contributed by atoms with Crippen molar-refractivity contribution in [2.24, 2.45) is 10.9 Å². The van der Waals surface area contributed by atoms with Gasteiger partial charge in [-0.25, -0.2) is 0 Å². The van der Waals surface area contributed by atoms with Crippen molar-refractivity contribution in [3.8, 4) is 5.75 Å². The minimum absolute atomic E-state index is 0.0223. The van der Waals surface area contributed by atoms with Crippen molar-refractivity contribution in [3.63, 3.8) is 0 Å². The predicted molar refractivity (Wildman–Crippen MR) is 77.8 cm³/mol. The molecule has 6 heteroatoms. The molecule has 0 spiro atoms. The smallest absolute Gasteiger partial charge is 0.188 e. The fourth-order valence-corrected chi connectivity index (χ4v) is 1.79. The number of hydrogen-bond acceptors (Lipinski definition) is 5. The minimum Gasteiger partial charge on any atom is -0.497 e. The molecule has 0 atom stereocenters. The van der Waals surface area contributed by atoms with Gasteiger partial charge in [0.15, 0.2) is 5.84 Å². The Kier molecular flexibility index (Phi) is 4.05. The number of nitrogens with two attached hydrogens (primary N) is 1. The highest BCUT2D eigenvalue weighted by atomic mass is 16.5. The van der Waals surface area contributed by atoms with Gasteiger partial charge >= 0.3 is 0 Å². The molecule has 1 aromatic carbocycles. The summed E-state index contributed by atoms with van der Waals surface area (Å²) in [5, 5.41) is 11.6. The number of ether oxygens (including phenoxy) is 1. The first-order chi connectivity index (χ1) is 9.65. The van der Waals surface area contributed by atoms with Crippen molar-refractivity contribution >= 4 is 17.2 Å². The summed E-state index contributed by atoms with van der Waals surface area (Å²) in [6.07, 6.45) is 1.61. The lowest BCUT2D eigenvalue weighted by atomic mass is 10.2. The molecule has 6 nitrogen and oxygen atoms in total. The van der Waals surface area contributed by atoms with E-state index in [4.69, 9.17) is 15.7 Å². The fourth-order valence-electron chi connectivity index (χ4n) is 1.79. The van der Waals surface area contributed by atoms with Crippen molar-refractivity contribution in [3.05, 3.63) is 48.3 Å². The number of pyridine rings is 1. The predicted octanol–water partition coefficient (Wildman–Crippen LogP) is 1.95. The van der Waals surface area contributed by atoms with Gasteiger partial charge in [-0.1, -0.05) is 11.2 Å². The molecule has 1 aromatic heterocycles. The van der Waals surface area contributed by atoms with Gasteiger partial charge < -0.3 is 20.6 Å². The van der Waals surface area contributed by atoms with Gasteiger partial charge in [0.25, 0.3) is 0 Å². The van der Waals surface area contributed by atoms with Crippen LogP contribution in [-0.4, -0.2) is 30.2 Å². The summed E-state index contributed by atoms with van der Waals surface area (Å²) in [7, 11) is 3.54. The van der Waals surface area contributed by atoms with E-state index in [0.717, 1.165) is 17.1 Å². The molecule has 0 radical (unpaired) electrons. The van der Waals surface area contributed by atoms with Gasteiger partial charge in [0.2, 0.25) is 0 Å². The van der Waals surface area contributed by atoms with E-state index in [9.17, 15) is 0 Å². The average Bonchev–Trinajstić information content (AvgIpc) is 2.53. The van der Waals surface area contributed by atoms with Crippen LogP contribution in [0.3, 0.4) is 0 Å². The number of benzene rings is 1. The number of amidine groups is 1. The van der Waals surface area contributed by atoms with E-state index in [-0.39, 0.29) is 5.84 Å². The van der Waals surface area contributed by atoms with Crippen LogP contribution in [0.4, 0.5) is 11.4 Å². The second-order valence-electron chi connectivity index (χ2n) is 4.15. The Morgan fingerprint density at radius 3 is 2.75 bits per heavy atom. The van der Waals surface area contributed by atoms with Gasteiger partial charge in [0.05, 0.1) is 7.11 Å². The lowest BCUT2D eigenvalue weighted by Crippen LogP contribution is -2.16. The number of anilines is 2. The minimum atomic E-state index is -0.0223. The fraction of sp³-hybridized carbons (Fsp3) is 0.143. The molecule has 0 unspecified atom stereocenters. The Bertz CT molecular complexity index is 628. The van der Waals surface area contributed by atoms with E-state index in [1.54, 1.807) is 19.4 Å². The highest BCUT2D eigenvalue weighted by Crippen LogP contribution is 2.26. The monoisotopic (exact) mass is 272 g/mol. The summed E-state index contributed by atoms with van der Waals surface area (Å²) in [6.45, 7) is 0. The average molecular weight is 272 g/mol. The molecule has 3 N–H and O–H groups in total. The first kappa shape index (κ1) is 13.7. The third-order valence-corrected chi connectivity index (χ3v) is 2.94. The number of aromatic nitrogens is 1. The largest absolute Gasteiger partial charge is 0.497 e.